The summed E-state index contributed by atoms with van der Waals surface area (Å²) < 4.78 is 13.6. The summed E-state index contributed by atoms with van der Waals surface area (Å²) in [4.78, 5) is 14.1. The third kappa shape index (κ3) is 5.02. The predicted octanol–water partition coefficient (Wildman–Crippen LogP) is 5.92. The molecule has 5 heteroatoms. The fourth-order valence-electron chi connectivity index (χ4n) is 6.27. The van der Waals surface area contributed by atoms with Crippen LogP contribution in [0.4, 0.5) is 10.1 Å². The van der Waals surface area contributed by atoms with Crippen LogP contribution in [0.5, 0.6) is 0 Å². The van der Waals surface area contributed by atoms with E-state index in [1.54, 1.807) is 12.1 Å². The summed E-state index contributed by atoms with van der Waals surface area (Å²) in [5, 5.41) is 13.5. The maximum atomic E-state index is 13.6. The van der Waals surface area contributed by atoms with E-state index >= 15 is 0 Å². The van der Waals surface area contributed by atoms with Gasteiger partial charge in [-0.25, -0.2) is 4.39 Å². The molecule has 2 atom stereocenters. The van der Waals surface area contributed by atoms with Crippen LogP contribution < -0.4 is 10.2 Å². The maximum absolute atomic E-state index is 13.6. The highest BCUT2D eigenvalue weighted by Gasteiger charge is 2.51. The number of nitrogens with zero attached hydrogens (tertiary/aromatic N) is 1. The molecular formula is C32H35FN2O2. The highest BCUT2D eigenvalue weighted by molar-refractivity contribution is 5.85. The van der Waals surface area contributed by atoms with Gasteiger partial charge in [0.15, 0.2) is 0 Å². The molecule has 4 nitrogen and oxygen atoms in total. The largest absolute Gasteiger partial charge is 0.481 e. The number of anilines is 1. The molecule has 2 saturated carbocycles. The SMILES string of the molecule is O=C(O)C1(c2ccc(N3CCC(CN[C@@H]4C[C@H]4c4ccccc4)(Cc4ccc(F)cc4)CC3)cc2)CC1. The summed E-state index contributed by atoms with van der Waals surface area (Å²) in [6.07, 6.45) is 5.71. The van der Waals surface area contributed by atoms with E-state index in [0.29, 0.717) is 12.0 Å². The molecule has 3 aromatic carbocycles. The van der Waals surface area contributed by atoms with Crippen molar-refractivity contribution in [3.8, 4) is 0 Å². The van der Waals surface area contributed by atoms with E-state index in [9.17, 15) is 14.3 Å². The van der Waals surface area contributed by atoms with Gasteiger partial charge in [0, 0.05) is 37.3 Å². The molecule has 6 rings (SSSR count). The third-order valence-corrected chi connectivity index (χ3v) is 9.02. The zero-order valence-corrected chi connectivity index (χ0v) is 21.2. The molecule has 2 aliphatic carbocycles. The van der Waals surface area contributed by atoms with Crippen LogP contribution in [0, 0.1) is 11.2 Å². The van der Waals surface area contributed by atoms with Gasteiger partial charge in [-0.15, -0.1) is 0 Å². The van der Waals surface area contributed by atoms with Gasteiger partial charge in [0.2, 0.25) is 0 Å². The Labute approximate surface area is 218 Å². The van der Waals surface area contributed by atoms with Crippen molar-refractivity contribution in [3.63, 3.8) is 0 Å². The molecule has 0 amide bonds. The molecule has 192 valence electrons. The summed E-state index contributed by atoms with van der Waals surface area (Å²) in [6.45, 7) is 2.88. The Morgan fingerprint density at radius 2 is 1.59 bits per heavy atom. The lowest BCUT2D eigenvalue weighted by Crippen LogP contribution is -2.47. The van der Waals surface area contributed by atoms with E-state index in [1.807, 2.05) is 24.3 Å². The molecule has 37 heavy (non-hydrogen) atoms. The molecule has 0 unspecified atom stereocenters. The number of halogens is 1. The van der Waals surface area contributed by atoms with Crippen LogP contribution in [0.3, 0.4) is 0 Å². The van der Waals surface area contributed by atoms with Crippen molar-refractivity contribution >= 4 is 11.7 Å². The zero-order valence-electron chi connectivity index (χ0n) is 21.2. The van der Waals surface area contributed by atoms with Gasteiger partial charge in [-0.05, 0) is 84.9 Å². The highest BCUT2D eigenvalue weighted by atomic mass is 19.1. The third-order valence-electron chi connectivity index (χ3n) is 9.02. The van der Waals surface area contributed by atoms with E-state index in [2.05, 4.69) is 52.7 Å². The molecule has 1 saturated heterocycles. The summed E-state index contributed by atoms with van der Waals surface area (Å²) in [6, 6.07) is 26.5. The molecule has 3 fully saturated rings. The van der Waals surface area contributed by atoms with Gasteiger partial charge in [0.1, 0.15) is 5.82 Å². The molecule has 0 bridgehead atoms. The van der Waals surface area contributed by atoms with Crippen LogP contribution in [0.15, 0.2) is 78.9 Å². The molecule has 0 spiro atoms. The normalized spacial score (nSPS) is 23.4. The van der Waals surface area contributed by atoms with Crippen molar-refractivity contribution in [3.05, 3.63) is 101 Å². The average Bonchev–Trinajstić information content (AvgIpc) is 3.85. The molecule has 0 aromatic heterocycles. The zero-order chi connectivity index (χ0) is 25.5. The fourth-order valence-corrected chi connectivity index (χ4v) is 6.27. The Kier molecular flexibility index (Phi) is 6.28. The second-order valence-electron chi connectivity index (χ2n) is 11.5. The van der Waals surface area contributed by atoms with Gasteiger partial charge in [-0.3, -0.25) is 4.79 Å². The van der Waals surface area contributed by atoms with Crippen molar-refractivity contribution in [2.24, 2.45) is 5.41 Å². The lowest BCUT2D eigenvalue weighted by atomic mass is 9.73. The van der Waals surface area contributed by atoms with Crippen molar-refractivity contribution in [1.29, 1.82) is 0 Å². The van der Waals surface area contributed by atoms with E-state index in [4.69, 9.17) is 0 Å². The standard InChI is InChI=1S/C32H35FN2O2/c33-26-10-6-23(7-11-26)21-31(22-34-29-20-28(29)24-4-2-1-3-5-24)16-18-35(19-17-31)27-12-8-25(9-13-27)32(14-15-32)30(36)37/h1-13,28-29,34H,14-22H2,(H,36,37)/t28-,29+/m0/s1. The van der Waals surface area contributed by atoms with Crippen molar-refractivity contribution in [2.75, 3.05) is 24.5 Å². The van der Waals surface area contributed by atoms with Gasteiger partial charge < -0.3 is 15.3 Å². The molecule has 2 N–H and O–H groups in total. The number of aliphatic carboxylic acids is 1. The Hall–Kier alpha value is -3.18. The van der Waals surface area contributed by atoms with E-state index in [1.165, 1.54) is 23.2 Å². The van der Waals surface area contributed by atoms with E-state index in [0.717, 1.165) is 57.3 Å². The van der Waals surface area contributed by atoms with Crippen molar-refractivity contribution in [1.82, 2.24) is 5.32 Å². The summed E-state index contributed by atoms with van der Waals surface area (Å²) >= 11 is 0. The molecule has 1 aliphatic heterocycles. The minimum atomic E-state index is -0.707. The number of piperidine rings is 1. The second kappa shape index (κ2) is 9.60. The molecule has 1 heterocycles. The van der Waals surface area contributed by atoms with E-state index < -0.39 is 11.4 Å². The number of carboxylic acid groups (broad SMARTS) is 1. The second-order valence-corrected chi connectivity index (χ2v) is 11.5. The van der Waals surface area contributed by atoms with Crippen LogP contribution in [0.2, 0.25) is 0 Å². The average molecular weight is 499 g/mol. The number of carboxylic acids is 1. The fraction of sp³-hybridized carbons (Fsp3) is 0.406. The highest BCUT2D eigenvalue weighted by Crippen LogP contribution is 2.49. The van der Waals surface area contributed by atoms with Crippen LogP contribution in [0.25, 0.3) is 0 Å². The van der Waals surface area contributed by atoms with Gasteiger partial charge in [0.05, 0.1) is 5.41 Å². The number of benzene rings is 3. The predicted molar refractivity (Wildman–Crippen MR) is 145 cm³/mol. The first-order valence-corrected chi connectivity index (χ1v) is 13.6. The maximum Gasteiger partial charge on any atom is 0.314 e. The van der Waals surface area contributed by atoms with Crippen LogP contribution in [0.1, 0.15) is 54.7 Å². The summed E-state index contributed by atoms with van der Waals surface area (Å²) in [5.41, 5.74) is 4.17. The van der Waals surface area contributed by atoms with E-state index in [-0.39, 0.29) is 11.2 Å². The molecule has 0 radical (unpaired) electrons. The van der Waals surface area contributed by atoms with Crippen LogP contribution in [-0.2, 0) is 16.6 Å². The monoisotopic (exact) mass is 498 g/mol. The van der Waals surface area contributed by atoms with Crippen molar-refractivity contribution in [2.45, 2.75) is 55.9 Å². The lowest BCUT2D eigenvalue weighted by Gasteiger charge is -2.43. The molecule has 3 aromatic rings. The number of hydrogen-bond acceptors (Lipinski definition) is 3. The number of carbonyl (C=O) groups is 1. The van der Waals surface area contributed by atoms with Crippen molar-refractivity contribution < 1.29 is 14.3 Å². The van der Waals surface area contributed by atoms with Gasteiger partial charge in [0.25, 0.3) is 0 Å². The minimum Gasteiger partial charge on any atom is -0.481 e. The first-order chi connectivity index (χ1) is 18.0. The number of nitrogens with one attached hydrogen (secondary N) is 1. The smallest absolute Gasteiger partial charge is 0.314 e. The van der Waals surface area contributed by atoms with Crippen LogP contribution in [-0.4, -0.2) is 36.8 Å². The lowest BCUT2D eigenvalue weighted by molar-refractivity contribution is -0.140. The Morgan fingerprint density at radius 3 is 2.22 bits per heavy atom. The number of rotatable bonds is 9. The summed E-state index contributed by atoms with van der Waals surface area (Å²) in [7, 11) is 0. The minimum absolute atomic E-state index is 0.124. The first-order valence-electron chi connectivity index (χ1n) is 13.6. The first kappa shape index (κ1) is 24.2. The summed E-state index contributed by atoms with van der Waals surface area (Å²) in [5.74, 6) is -0.293. The van der Waals surface area contributed by atoms with Gasteiger partial charge >= 0.3 is 5.97 Å². The van der Waals surface area contributed by atoms with Crippen LogP contribution >= 0.6 is 0 Å². The Bertz CT molecular complexity index is 1230. The quantitative estimate of drug-likeness (QED) is 0.385. The van der Waals surface area contributed by atoms with Gasteiger partial charge in [-0.2, -0.15) is 0 Å². The number of hydrogen-bond donors (Lipinski definition) is 2. The Morgan fingerprint density at radius 1 is 0.919 bits per heavy atom. The molecular weight excluding hydrogens is 463 g/mol. The molecule has 3 aliphatic rings. The van der Waals surface area contributed by atoms with Gasteiger partial charge in [-0.1, -0.05) is 54.6 Å². The topological polar surface area (TPSA) is 52.6 Å². The Balaban J connectivity index is 1.13.